The van der Waals surface area contributed by atoms with Gasteiger partial charge in [0.15, 0.2) is 5.69 Å². The van der Waals surface area contributed by atoms with E-state index >= 15 is 0 Å². The largest absolute Gasteiger partial charge is 0.464 e. The Kier molecular flexibility index (Phi) is 3.57. The van der Waals surface area contributed by atoms with Crippen LogP contribution >= 0.6 is 0 Å². The van der Waals surface area contributed by atoms with Crippen LogP contribution in [0.25, 0.3) is 17.1 Å². The molecule has 7 heteroatoms. The van der Waals surface area contributed by atoms with Gasteiger partial charge in [0, 0.05) is 29.8 Å². The molecule has 1 aromatic carbocycles. The van der Waals surface area contributed by atoms with E-state index in [1.807, 2.05) is 24.3 Å². The first-order valence-electron chi connectivity index (χ1n) is 6.75. The zero-order valence-electron chi connectivity index (χ0n) is 12.3. The van der Waals surface area contributed by atoms with Crippen LogP contribution in [-0.2, 0) is 4.74 Å². The molecule has 0 bridgehead atoms. The number of nitriles is 1. The van der Waals surface area contributed by atoms with Crippen LogP contribution in [0.4, 0.5) is 5.69 Å². The minimum atomic E-state index is -0.604. The maximum Gasteiger partial charge on any atom is 0.357 e. The van der Waals surface area contributed by atoms with Gasteiger partial charge in [-0.05, 0) is 12.1 Å². The van der Waals surface area contributed by atoms with E-state index in [0.29, 0.717) is 11.5 Å². The number of rotatable bonds is 3. The number of carbonyl (C=O) groups is 1. The van der Waals surface area contributed by atoms with Crippen molar-refractivity contribution in [3.63, 3.8) is 0 Å². The number of ether oxygens (including phenoxy) is 1. The standard InChI is InChI=1S/C16H13N5O2/c1-23-16(22)14-13(18)11(8-17)9-21(14)12-4-2-3-10(7-12)15-19-5-6-20-15/h2-7,9H,18H2,1H3,(H,19,20). The summed E-state index contributed by atoms with van der Waals surface area (Å²) in [6.45, 7) is 0. The number of methoxy groups -OCH3 is 1. The molecule has 2 heterocycles. The van der Waals surface area contributed by atoms with Crippen LogP contribution in [0.5, 0.6) is 0 Å². The average molecular weight is 307 g/mol. The molecule has 0 atom stereocenters. The molecule has 114 valence electrons. The van der Waals surface area contributed by atoms with E-state index in [4.69, 9.17) is 15.7 Å². The molecule has 0 aliphatic carbocycles. The highest BCUT2D eigenvalue weighted by molar-refractivity contribution is 5.96. The van der Waals surface area contributed by atoms with Crippen molar-refractivity contribution in [1.29, 1.82) is 5.26 Å². The number of benzene rings is 1. The summed E-state index contributed by atoms with van der Waals surface area (Å²) in [5.41, 5.74) is 7.86. The van der Waals surface area contributed by atoms with Crippen molar-refractivity contribution >= 4 is 11.7 Å². The summed E-state index contributed by atoms with van der Waals surface area (Å²) in [6, 6.07) is 9.34. The molecular formula is C16H13N5O2. The minimum absolute atomic E-state index is 0.0998. The average Bonchev–Trinajstić information content (AvgIpc) is 3.22. The number of hydrogen-bond acceptors (Lipinski definition) is 5. The van der Waals surface area contributed by atoms with Crippen molar-refractivity contribution < 1.29 is 9.53 Å². The summed E-state index contributed by atoms with van der Waals surface area (Å²) >= 11 is 0. The van der Waals surface area contributed by atoms with Crippen molar-refractivity contribution in [3.05, 3.63) is 54.1 Å². The molecule has 3 rings (SSSR count). The summed E-state index contributed by atoms with van der Waals surface area (Å²) in [5, 5.41) is 9.15. The van der Waals surface area contributed by atoms with Crippen molar-refractivity contribution in [1.82, 2.24) is 14.5 Å². The van der Waals surface area contributed by atoms with Crippen LogP contribution < -0.4 is 5.73 Å². The molecule has 3 aromatic rings. The molecular weight excluding hydrogens is 294 g/mol. The van der Waals surface area contributed by atoms with E-state index in [9.17, 15) is 4.79 Å². The van der Waals surface area contributed by atoms with Gasteiger partial charge < -0.3 is 20.0 Å². The fraction of sp³-hybridized carbons (Fsp3) is 0.0625. The van der Waals surface area contributed by atoms with Gasteiger partial charge in [0.2, 0.25) is 0 Å². The Morgan fingerprint density at radius 3 is 2.96 bits per heavy atom. The normalized spacial score (nSPS) is 10.3. The monoisotopic (exact) mass is 307 g/mol. The molecule has 0 fully saturated rings. The van der Waals surface area contributed by atoms with Gasteiger partial charge in [0.1, 0.15) is 11.9 Å². The number of carbonyl (C=O) groups excluding carboxylic acids is 1. The van der Waals surface area contributed by atoms with Crippen LogP contribution in [0.2, 0.25) is 0 Å². The Balaban J connectivity index is 2.18. The lowest BCUT2D eigenvalue weighted by molar-refractivity contribution is 0.0593. The highest BCUT2D eigenvalue weighted by Gasteiger charge is 2.21. The van der Waals surface area contributed by atoms with E-state index < -0.39 is 5.97 Å². The molecule has 0 amide bonds. The highest BCUT2D eigenvalue weighted by Crippen LogP contribution is 2.26. The molecule has 0 unspecified atom stereocenters. The number of aromatic amines is 1. The van der Waals surface area contributed by atoms with E-state index in [1.165, 1.54) is 13.3 Å². The van der Waals surface area contributed by atoms with Gasteiger partial charge in [-0.2, -0.15) is 5.26 Å². The van der Waals surface area contributed by atoms with Gasteiger partial charge in [0.05, 0.1) is 18.4 Å². The number of nitrogens with two attached hydrogens (primary N) is 1. The Morgan fingerprint density at radius 1 is 1.48 bits per heavy atom. The molecule has 0 saturated heterocycles. The van der Waals surface area contributed by atoms with Crippen molar-refractivity contribution in [2.24, 2.45) is 0 Å². The quantitative estimate of drug-likeness (QED) is 0.720. The molecule has 0 spiro atoms. The highest BCUT2D eigenvalue weighted by atomic mass is 16.5. The van der Waals surface area contributed by atoms with Gasteiger partial charge in [-0.15, -0.1) is 0 Å². The number of esters is 1. The predicted molar refractivity (Wildman–Crippen MR) is 83.8 cm³/mol. The second kappa shape index (κ2) is 5.69. The first-order chi connectivity index (χ1) is 11.2. The van der Waals surface area contributed by atoms with Gasteiger partial charge in [-0.25, -0.2) is 9.78 Å². The summed E-state index contributed by atoms with van der Waals surface area (Å²) in [6.07, 6.45) is 4.90. The molecule has 7 nitrogen and oxygen atoms in total. The third-order valence-electron chi connectivity index (χ3n) is 3.44. The first-order valence-corrected chi connectivity index (χ1v) is 6.75. The molecule has 0 aliphatic rings. The number of nitrogens with one attached hydrogen (secondary N) is 1. The van der Waals surface area contributed by atoms with Gasteiger partial charge >= 0.3 is 5.97 Å². The minimum Gasteiger partial charge on any atom is -0.464 e. The lowest BCUT2D eigenvalue weighted by Gasteiger charge is -2.09. The number of nitrogen functional groups attached to an aromatic ring is 1. The second-order valence-electron chi connectivity index (χ2n) is 4.77. The van der Waals surface area contributed by atoms with Crippen LogP contribution in [0.15, 0.2) is 42.9 Å². The van der Waals surface area contributed by atoms with Gasteiger partial charge in [0.25, 0.3) is 0 Å². The van der Waals surface area contributed by atoms with Crippen molar-refractivity contribution in [3.8, 4) is 23.1 Å². The van der Waals surface area contributed by atoms with Crippen LogP contribution in [0.3, 0.4) is 0 Å². The number of aromatic nitrogens is 3. The van der Waals surface area contributed by atoms with Gasteiger partial charge in [-0.1, -0.05) is 12.1 Å². The van der Waals surface area contributed by atoms with E-state index in [0.717, 1.165) is 5.56 Å². The number of hydrogen-bond donors (Lipinski definition) is 2. The Bertz CT molecular complexity index is 903. The Labute approximate surface area is 131 Å². The number of anilines is 1. The zero-order chi connectivity index (χ0) is 16.4. The zero-order valence-corrected chi connectivity index (χ0v) is 12.3. The Morgan fingerprint density at radius 2 is 2.30 bits per heavy atom. The fourth-order valence-electron chi connectivity index (χ4n) is 2.34. The lowest BCUT2D eigenvalue weighted by atomic mass is 10.2. The first kappa shape index (κ1) is 14.4. The third-order valence-corrected chi connectivity index (χ3v) is 3.44. The van der Waals surface area contributed by atoms with Crippen molar-refractivity contribution in [2.45, 2.75) is 0 Å². The molecule has 0 radical (unpaired) electrons. The molecule has 23 heavy (non-hydrogen) atoms. The van der Waals surface area contributed by atoms with Gasteiger partial charge in [-0.3, -0.25) is 0 Å². The second-order valence-corrected chi connectivity index (χ2v) is 4.77. The van der Waals surface area contributed by atoms with E-state index in [-0.39, 0.29) is 16.9 Å². The Hall–Kier alpha value is -3.53. The van der Waals surface area contributed by atoms with E-state index in [1.54, 1.807) is 23.0 Å². The molecule has 0 aliphatic heterocycles. The van der Waals surface area contributed by atoms with E-state index in [2.05, 4.69) is 9.97 Å². The fourth-order valence-corrected chi connectivity index (χ4v) is 2.34. The number of imidazole rings is 1. The summed E-state index contributed by atoms with van der Waals surface area (Å²) < 4.78 is 6.32. The maximum absolute atomic E-state index is 12.0. The van der Waals surface area contributed by atoms with Crippen LogP contribution in [-0.4, -0.2) is 27.6 Å². The maximum atomic E-state index is 12.0. The number of nitrogens with zero attached hydrogens (tertiary/aromatic N) is 3. The van der Waals surface area contributed by atoms with Crippen LogP contribution in [0.1, 0.15) is 16.1 Å². The smallest absolute Gasteiger partial charge is 0.357 e. The van der Waals surface area contributed by atoms with Crippen molar-refractivity contribution in [2.75, 3.05) is 12.8 Å². The summed E-state index contributed by atoms with van der Waals surface area (Å²) in [4.78, 5) is 19.2. The SMILES string of the molecule is COC(=O)c1c(N)c(C#N)cn1-c1cccc(-c2ncc[nH]2)c1. The molecule has 3 N–H and O–H groups in total. The topological polar surface area (TPSA) is 110 Å². The lowest BCUT2D eigenvalue weighted by Crippen LogP contribution is -2.11. The number of H-pyrrole nitrogens is 1. The predicted octanol–water partition coefficient (Wildman–Crippen LogP) is 2.11. The summed E-state index contributed by atoms with van der Waals surface area (Å²) in [7, 11) is 1.27. The third kappa shape index (κ3) is 2.42. The molecule has 2 aromatic heterocycles. The molecule has 0 saturated carbocycles. The van der Waals surface area contributed by atoms with Crippen LogP contribution in [0, 0.1) is 11.3 Å². The summed E-state index contributed by atoms with van der Waals surface area (Å²) in [5.74, 6) is 0.0968.